The number of hydrogen-bond acceptors (Lipinski definition) is 4. The first-order valence-corrected chi connectivity index (χ1v) is 8.87. The van der Waals surface area contributed by atoms with Gasteiger partial charge in [0.05, 0.1) is 13.1 Å². The smallest absolute Gasteiger partial charge is 0.265 e. The molecule has 8 heteroatoms. The van der Waals surface area contributed by atoms with Crippen molar-refractivity contribution in [3.63, 3.8) is 0 Å². The Balaban J connectivity index is 2.11. The highest BCUT2D eigenvalue weighted by molar-refractivity contribution is 5.50. The molecule has 3 rings (SSSR count). The van der Waals surface area contributed by atoms with E-state index in [1.54, 1.807) is 0 Å². The Hall–Kier alpha value is -3.42. The van der Waals surface area contributed by atoms with Gasteiger partial charge in [0.15, 0.2) is 0 Å². The second-order valence-electron chi connectivity index (χ2n) is 6.92. The molecule has 0 aliphatic carbocycles. The standard InChI is InChI=1S/C20H22N4O4/c1-11-12(2)16(10-24-20(28)8-6-18(26)22-24)14(4)13(3)15(11)9-23-19(27)7-5-17(25)21-23/h5-8H,9-10H2,1-4H3,(H,21,25)(H,22,26). The van der Waals surface area contributed by atoms with Gasteiger partial charge in [0.25, 0.3) is 22.2 Å². The first kappa shape index (κ1) is 19.3. The Morgan fingerprint density at radius 3 is 1.25 bits per heavy atom. The van der Waals surface area contributed by atoms with Gasteiger partial charge in [-0.3, -0.25) is 29.4 Å². The monoisotopic (exact) mass is 382 g/mol. The lowest BCUT2D eigenvalue weighted by Gasteiger charge is -2.21. The van der Waals surface area contributed by atoms with Crippen LogP contribution >= 0.6 is 0 Å². The fraction of sp³-hybridized carbons (Fsp3) is 0.300. The predicted molar refractivity (Wildman–Crippen MR) is 106 cm³/mol. The summed E-state index contributed by atoms with van der Waals surface area (Å²) in [5.41, 5.74) is 4.52. The third kappa shape index (κ3) is 3.53. The largest absolute Gasteiger partial charge is 0.268 e. The van der Waals surface area contributed by atoms with Crippen LogP contribution in [0.5, 0.6) is 0 Å². The second kappa shape index (κ2) is 7.30. The summed E-state index contributed by atoms with van der Waals surface area (Å²) in [5, 5.41) is 5.10. The minimum absolute atomic E-state index is 0.247. The number of nitrogens with zero attached hydrogens (tertiary/aromatic N) is 2. The quantitative estimate of drug-likeness (QED) is 0.693. The molecule has 0 aliphatic heterocycles. The maximum atomic E-state index is 12.1. The minimum Gasteiger partial charge on any atom is -0.268 e. The van der Waals surface area contributed by atoms with E-state index >= 15 is 0 Å². The Kier molecular flexibility index (Phi) is 5.04. The van der Waals surface area contributed by atoms with Gasteiger partial charge in [-0.05, 0) is 61.1 Å². The van der Waals surface area contributed by atoms with E-state index in [4.69, 9.17) is 0 Å². The molecule has 146 valence electrons. The van der Waals surface area contributed by atoms with E-state index in [2.05, 4.69) is 10.2 Å². The number of H-pyrrole nitrogens is 2. The molecule has 8 nitrogen and oxygen atoms in total. The fourth-order valence-corrected chi connectivity index (χ4v) is 3.42. The van der Waals surface area contributed by atoms with Gasteiger partial charge in [0.2, 0.25) is 0 Å². The number of benzene rings is 1. The highest BCUT2D eigenvalue weighted by Gasteiger charge is 2.16. The zero-order valence-corrected chi connectivity index (χ0v) is 16.3. The van der Waals surface area contributed by atoms with E-state index in [1.807, 2.05) is 27.7 Å². The summed E-state index contributed by atoms with van der Waals surface area (Å²) in [6.45, 7) is 8.28. The third-order valence-electron chi connectivity index (χ3n) is 5.35. The van der Waals surface area contributed by atoms with Crippen molar-refractivity contribution in [1.29, 1.82) is 0 Å². The van der Waals surface area contributed by atoms with Crippen LogP contribution in [-0.2, 0) is 13.1 Å². The summed E-state index contributed by atoms with van der Waals surface area (Å²) in [7, 11) is 0. The molecule has 0 aliphatic rings. The van der Waals surface area contributed by atoms with Gasteiger partial charge in [-0.1, -0.05) is 0 Å². The van der Waals surface area contributed by atoms with Crippen LogP contribution in [0.4, 0.5) is 0 Å². The van der Waals surface area contributed by atoms with Crippen LogP contribution in [-0.4, -0.2) is 19.6 Å². The fourth-order valence-electron chi connectivity index (χ4n) is 3.42. The molecule has 3 aromatic rings. The summed E-state index contributed by atoms with van der Waals surface area (Å²) in [5.74, 6) is 0. The van der Waals surface area contributed by atoms with Crippen LogP contribution in [0.15, 0.2) is 43.4 Å². The lowest BCUT2D eigenvalue weighted by atomic mass is 9.88. The van der Waals surface area contributed by atoms with Gasteiger partial charge in [-0.15, -0.1) is 0 Å². The molecule has 0 amide bonds. The van der Waals surface area contributed by atoms with E-state index in [-0.39, 0.29) is 35.3 Å². The van der Waals surface area contributed by atoms with Gasteiger partial charge in [0.1, 0.15) is 0 Å². The summed E-state index contributed by atoms with van der Waals surface area (Å²) >= 11 is 0. The number of hydrogen-bond donors (Lipinski definition) is 2. The van der Waals surface area contributed by atoms with Gasteiger partial charge >= 0.3 is 0 Å². The van der Waals surface area contributed by atoms with Crippen molar-refractivity contribution in [3.8, 4) is 0 Å². The molecule has 1 aromatic carbocycles. The topological polar surface area (TPSA) is 110 Å². The molecular formula is C20H22N4O4. The molecule has 0 spiro atoms. The Bertz CT molecular complexity index is 1160. The van der Waals surface area contributed by atoms with Crippen molar-refractivity contribution in [2.45, 2.75) is 40.8 Å². The Labute approximate surface area is 160 Å². The summed E-state index contributed by atoms with van der Waals surface area (Å²) < 4.78 is 2.57. The molecule has 0 bridgehead atoms. The molecule has 0 saturated heterocycles. The van der Waals surface area contributed by atoms with Crippen LogP contribution in [0, 0.1) is 27.7 Å². The summed E-state index contributed by atoms with van der Waals surface area (Å²) in [6.07, 6.45) is 0. The average Bonchev–Trinajstić information content (AvgIpc) is 2.66. The van der Waals surface area contributed by atoms with Crippen molar-refractivity contribution in [2.24, 2.45) is 0 Å². The van der Waals surface area contributed by atoms with Crippen LogP contribution in [0.2, 0.25) is 0 Å². The van der Waals surface area contributed by atoms with E-state index in [0.717, 1.165) is 33.4 Å². The molecule has 28 heavy (non-hydrogen) atoms. The van der Waals surface area contributed by atoms with Crippen LogP contribution in [0.25, 0.3) is 0 Å². The van der Waals surface area contributed by atoms with Gasteiger partial charge in [-0.25, -0.2) is 9.36 Å². The first-order chi connectivity index (χ1) is 13.2. The van der Waals surface area contributed by atoms with E-state index < -0.39 is 0 Å². The van der Waals surface area contributed by atoms with Crippen molar-refractivity contribution in [3.05, 3.63) is 99.1 Å². The van der Waals surface area contributed by atoms with E-state index in [1.165, 1.54) is 33.6 Å². The van der Waals surface area contributed by atoms with Crippen LogP contribution in [0.1, 0.15) is 33.4 Å². The predicted octanol–water partition coefficient (Wildman–Crippen LogP) is 0.717. The summed E-state index contributed by atoms with van der Waals surface area (Å²) in [4.78, 5) is 47.3. The van der Waals surface area contributed by atoms with E-state index in [9.17, 15) is 19.2 Å². The van der Waals surface area contributed by atoms with Crippen molar-refractivity contribution >= 4 is 0 Å². The van der Waals surface area contributed by atoms with Gasteiger partial charge in [-0.2, -0.15) is 0 Å². The molecule has 0 saturated carbocycles. The van der Waals surface area contributed by atoms with Gasteiger partial charge in [0, 0.05) is 24.3 Å². The molecule has 0 atom stereocenters. The Morgan fingerprint density at radius 2 is 0.929 bits per heavy atom. The van der Waals surface area contributed by atoms with Crippen LogP contribution in [0.3, 0.4) is 0 Å². The lowest BCUT2D eigenvalue weighted by molar-refractivity contribution is 0.613. The zero-order valence-electron chi connectivity index (χ0n) is 16.3. The molecular weight excluding hydrogens is 360 g/mol. The SMILES string of the molecule is Cc1c(C)c(Cn2[nH]c(=O)ccc2=O)c(C)c(C)c1Cn1[nH]c(=O)ccc1=O. The number of aromatic amines is 2. The third-order valence-corrected chi connectivity index (χ3v) is 5.35. The molecule has 0 fully saturated rings. The highest BCUT2D eigenvalue weighted by Crippen LogP contribution is 2.27. The highest BCUT2D eigenvalue weighted by atomic mass is 16.2. The molecule has 0 radical (unpaired) electrons. The van der Waals surface area contributed by atoms with Crippen molar-refractivity contribution < 1.29 is 0 Å². The molecule has 2 aromatic heterocycles. The zero-order chi connectivity index (χ0) is 20.6. The maximum absolute atomic E-state index is 12.1. The van der Waals surface area contributed by atoms with Crippen LogP contribution < -0.4 is 22.2 Å². The molecule has 2 heterocycles. The first-order valence-electron chi connectivity index (χ1n) is 8.87. The normalized spacial score (nSPS) is 11.0. The second-order valence-corrected chi connectivity index (χ2v) is 6.92. The lowest BCUT2D eigenvalue weighted by Crippen LogP contribution is -2.30. The maximum Gasteiger partial charge on any atom is 0.265 e. The number of aromatic nitrogens is 4. The number of nitrogens with one attached hydrogen (secondary N) is 2. The summed E-state index contributed by atoms with van der Waals surface area (Å²) in [6, 6.07) is 4.90. The van der Waals surface area contributed by atoms with Crippen molar-refractivity contribution in [1.82, 2.24) is 19.6 Å². The van der Waals surface area contributed by atoms with Gasteiger partial charge < -0.3 is 0 Å². The van der Waals surface area contributed by atoms with E-state index in [0.29, 0.717) is 0 Å². The van der Waals surface area contributed by atoms with Crippen molar-refractivity contribution in [2.75, 3.05) is 0 Å². The molecule has 2 N–H and O–H groups in total. The molecule has 0 unspecified atom stereocenters. The average molecular weight is 382 g/mol. The number of rotatable bonds is 4. The minimum atomic E-state index is -0.340. The Morgan fingerprint density at radius 1 is 0.607 bits per heavy atom.